The molecule has 174 valence electrons. The highest BCUT2D eigenvalue weighted by Crippen LogP contribution is 2.28. The van der Waals surface area contributed by atoms with E-state index >= 15 is 0 Å². The van der Waals surface area contributed by atoms with Crippen molar-refractivity contribution in [3.8, 4) is 0 Å². The molecule has 3 aromatic heterocycles. The molecule has 0 spiro atoms. The van der Waals surface area contributed by atoms with E-state index in [1.165, 1.54) is 0 Å². The van der Waals surface area contributed by atoms with E-state index < -0.39 is 0 Å². The number of rotatable bonds is 5. The summed E-state index contributed by atoms with van der Waals surface area (Å²) in [6.07, 6.45) is 12.5. The van der Waals surface area contributed by atoms with Crippen LogP contribution in [0.5, 0.6) is 0 Å². The summed E-state index contributed by atoms with van der Waals surface area (Å²) >= 11 is 0. The van der Waals surface area contributed by atoms with Crippen molar-refractivity contribution in [2.24, 2.45) is 11.7 Å². The number of hydrogen-bond donors (Lipinski definition) is 1. The zero-order chi connectivity index (χ0) is 23.1. The molecule has 7 nitrogen and oxygen atoms in total. The molecule has 2 unspecified atom stereocenters. The van der Waals surface area contributed by atoms with Gasteiger partial charge in [0.1, 0.15) is 5.52 Å². The molecular weight excluding hydrogens is 424 g/mol. The van der Waals surface area contributed by atoms with Gasteiger partial charge in [-0.1, -0.05) is 36.4 Å². The molecule has 0 amide bonds. The van der Waals surface area contributed by atoms with Gasteiger partial charge in [-0.05, 0) is 49.1 Å². The molecule has 0 radical (unpaired) electrons. The third-order valence-corrected chi connectivity index (χ3v) is 7.20. The molecular formula is C27H30N6O. The van der Waals surface area contributed by atoms with Gasteiger partial charge < -0.3 is 19.8 Å². The highest BCUT2D eigenvalue weighted by atomic mass is 16.1. The van der Waals surface area contributed by atoms with Gasteiger partial charge in [0.05, 0.1) is 17.8 Å². The van der Waals surface area contributed by atoms with Crippen molar-refractivity contribution in [3.05, 3.63) is 77.0 Å². The maximum Gasteiger partial charge on any atom is 0.277 e. The number of pyridine rings is 2. The molecule has 4 aromatic rings. The number of nitrogens with zero attached hydrogens (tertiary/aromatic N) is 5. The number of aromatic nitrogens is 4. The summed E-state index contributed by atoms with van der Waals surface area (Å²) in [6, 6.07) is 12.3. The van der Waals surface area contributed by atoms with Crippen LogP contribution in [0, 0.1) is 5.92 Å². The molecule has 6 rings (SSSR count). The standard InChI is InChI=1S/C27H30N6O/c28-21-9-5-14-32(17-21)27-30-23-12-15-31(18-24-22-10-4-3-8-20(22)11-13-29-24)26(34)25(23)33(27)16-19-6-1-2-7-19/h1,3-4,6,8,10-13,15,19,21H,2,5,7,9,14,16-18,28H2. The van der Waals surface area contributed by atoms with Gasteiger partial charge in [0.15, 0.2) is 0 Å². The lowest BCUT2D eigenvalue weighted by molar-refractivity contribution is 0.479. The first-order valence-electron chi connectivity index (χ1n) is 12.3. The lowest BCUT2D eigenvalue weighted by Crippen LogP contribution is -2.44. The van der Waals surface area contributed by atoms with E-state index in [0.717, 1.165) is 73.2 Å². The Labute approximate surface area is 198 Å². The van der Waals surface area contributed by atoms with E-state index in [1.807, 2.05) is 36.7 Å². The van der Waals surface area contributed by atoms with Crippen molar-refractivity contribution in [3.63, 3.8) is 0 Å². The van der Waals surface area contributed by atoms with Crippen LogP contribution in [0.2, 0.25) is 0 Å². The lowest BCUT2D eigenvalue weighted by Gasteiger charge is -2.32. The molecule has 34 heavy (non-hydrogen) atoms. The van der Waals surface area contributed by atoms with E-state index in [0.29, 0.717) is 18.0 Å². The Kier molecular flexibility index (Phi) is 5.41. The minimum absolute atomic E-state index is 0.0192. The average molecular weight is 455 g/mol. The van der Waals surface area contributed by atoms with Crippen LogP contribution in [0.25, 0.3) is 21.8 Å². The molecule has 7 heteroatoms. The number of hydrogen-bond acceptors (Lipinski definition) is 5. The number of nitrogens with two attached hydrogens (primary N) is 1. The lowest BCUT2D eigenvalue weighted by atomic mass is 10.1. The molecule has 1 saturated heterocycles. The maximum absolute atomic E-state index is 13.8. The van der Waals surface area contributed by atoms with Crippen molar-refractivity contribution < 1.29 is 0 Å². The Bertz CT molecular complexity index is 1430. The number of benzene rings is 1. The van der Waals surface area contributed by atoms with Crippen molar-refractivity contribution in [1.29, 1.82) is 0 Å². The number of allylic oxidation sites excluding steroid dienone is 2. The fourth-order valence-corrected chi connectivity index (χ4v) is 5.45. The minimum Gasteiger partial charge on any atom is -0.341 e. The summed E-state index contributed by atoms with van der Waals surface area (Å²) in [5.41, 5.74) is 8.60. The summed E-state index contributed by atoms with van der Waals surface area (Å²) in [5, 5.41) is 2.20. The zero-order valence-electron chi connectivity index (χ0n) is 19.3. The predicted octanol–water partition coefficient (Wildman–Crippen LogP) is 3.69. The third kappa shape index (κ3) is 3.80. The monoisotopic (exact) mass is 454 g/mol. The van der Waals surface area contributed by atoms with Gasteiger partial charge in [-0.3, -0.25) is 9.78 Å². The highest BCUT2D eigenvalue weighted by Gasteiger charge is 2.25. The Morgan fingerprint density at radius 2 is 2.03 bits per heavy atom. The SMILES string of the molecule is NC1CCCN(c2nc3ccn(Cc4nccc5ccccc45)c(=O)c3n2CC2C=CCC2)C1. The summed E-state index contributed by atoms with van der Waals surface area (Å²) in [5.74, 6) is 1.30. The molecule has 1 fully saturated rings. The predicted molar refractivity (Wildman–Crippen MR) is 136 cm³/mol. The largest absolute Gasteiger partial charge is 0.341 e. The topological polar surface area (TPSA) is 82.0 Å². The molecule has 1 aromatic carbocycles. The van der Waals surface area contributed by atoms with Crippen molar-refractivity contribution in [2.75, 3.05) is 18.0 Å². The molecule has 1 aliphatic carbocycles. The van der Waals surface area contributed by atoms with Crippen LogP contribution in [0.4, 0.5) is 5.95 Å². The second-order valence-corrected chi connectivity index (χ2v) is 9.60. The molecule has 0 saturated carbocycles. The van der Waals surface area contributed by atoms with Crippen LogP contribution in [-0.4, -0.2) is 38.2 Å². The fourth-order valence-electron chi connectivity index (χ4n) is 5.45. The van der Waals surface area contributed by atoms with Crippen molar-refractivity contribution in [1.82, 2.24) is 19.1 Å². The van der Waals surface area contributed by atoms with Crippen LogP contribution in [0.3, 0.4) is 0 Å². The van der Waals surface area contributed by atoms with Gasteiger partial charge in [0.25, 0.3) is 5.56 Å². The first-order valence-corrected chi connectivity index (χ1v) is 12.3. The van der Waals surface area contributed by atoms with Crippen LogP contribution in [0.15, 0.2) is 65.7 Å². The Hall–Kier alpha value is -3.45. The molecule has 4 heterocycles. The molecule has 1 aliphatic heterocycles. The second-order valence-electron chi connectivity index (χ2n) is 9.60. The third-order valence-electron chi connectivity index (χ3n) is 7.20. The molecule has 2 atom stereocenters. The summed E-state index contributed by atoms with van der Waals surface area (Å²) < 4.78 is 3.93. The van der Waals surface area contributed by atoms with Gasteiger partial charge in [-0.25, -0.2) is 4.98 Å². The molecule has 2 aliphatic rings. The van der Waals surface area contributed by atoms with Gasteiger partial charge in [0.2, 0.25) is 5.95 Å². The van der Waals surface area contributed by atoms with Gasteiger partial charge in [0, 0.05) is 43.5 Å². The van der Waals surface area contributed by atoms with E-state index in [4.69, 9.17) is 10.7 Å². The summed E-state index contributed by atoms with van der Waals surface area (Å²) in [4.78, 5) is 25.7. The summed E-state index contributed by atoms with van der Waals surface area (Å²) in [6.45, 7) is 2.89. The number of imidazole rings is 1. The van der Waals surface area contributed by atoms with Crippen molar-refractivity contribution >= 4 is 27.8 Å². The number of fused-ring (bicyclic) bond motifs is 2. The zero-order valence-corrected chi connectivity index (χ0v) is 19.3. The highest BCUT2D eigenvalue weighted by molar-refractivity contribution is 5.84. The van der Waals surface area contributed by atoms with Gasteiger partial charge >= 0.3 is 0 Å². The average Bonchev–Trinajstić information content (AvgIpc) is 3.50. The van der Waals surface area contributed by atoms with Crippen LogP contribution in [0.1, 0.15) is 31.4 Å². The Morgan fingerprint density at radius 3 is 2.88 bits per heavy atom. The number of piperidine rings is 1. The number of anilines is 1. The smallest absolute Gasteiger partial charge is 0.277 e. The Balaban J connectivity index is 1.45. The van der Waals surface area contributed by atoms with Crippen LogP contribution >= 0.6 is 0 Å². The quantitative estimate of drug-likeness (QED) is 0.465. The molecule has 0 bridgehead atoms. The maximum atomic E-state index is 13.8. The van der Waals surface area contributed by atoms with Crippen LogP contribution < -0.4 is 16.2 Å². The van der Waals surface area contributed by atoms with Gasteiger partial charge in [-0.15, -0.1) is 0 Å². The first-order chi connectivity index (χ1) is 16.7. The first kappa shape index (κ1) is 21.1. The minimum atomic E-state index is -0.0192. The Morgan fingerprint density at radius 1 is 1.12 bits per heavy atom. The van der Waals surface area contributed by atoms with Gasteiger partial charge in [-0.2, -0.15) is 0 Å². The van der Waals surface area contributed by atoms with Crippen molar-refractivity contribution in [2.45, 2.75) is 44.8 Å². The van der Waals surface area contributed by atoms with E-state index in [2.05, 4.69) is 38.7 Å². The van der Waals surface area contributed by atoms with Crippen LogP contribution in [-0.2, 0) is 13.1 Å². The molecule has 2 N–H and O–H groups in total. The van der Waals surface area contributed by atoms with E-state index in [-0.39, 0.29) is 11.6 Å². The normalized spacial score (nSPS) is 20.6. The van der Waals surface area contributed by atoms with E-state index in [1.54, 1.807) is 4.57 Å². The fraction of sp³-hybridized carbons (Fsp3) is 0.370. The second kappa shape index (κ2) is 8.72. The summed E-state index contributed by atoms with van der Waals surface area (Å²) in [7, 11) is 0. The van der Waals surface area contributed by atoms with E-state index in [9.17, 15) is 4.79 Å².